The molecular weight excluding hydrogens is 180 g/mol. The lowest BCUT2D eigenvalue weighted by atomic mass is 10.1. The molecule has 0 aliphatic heterocycles. The second-order valence-electron chi connectivity index (χ2n) is 3.73. The summed E-state index contributed by atoms with van der Waals surface area (Å²) < 4.78 is 10.1. The van der Waals surface area contributed by atoms with E-state index in [9.17, 15) is 4.79 Å². The lowest BCUT2D eigenvalue weighted by Gasteiger charge is -2.17. The summed E-state index contributed by atoms with van der Waals surface area (Å²) >= 11 is 0. The van der Waals surface area contributed by atoms with Gasteiger partial charge in [0.1, 0.15) is 6.10 Å². The Hall–Kier alpha value is -0.730. The summed E-state index contributed by atoms with van der Waals surface area (Å²) in [7, 11) is 0. The summed E-state index contributed by atoms with van der Waals surface area (Å²) in [4.78, 5) is 11.2. The van der Waals surface area contributed by atoms with Crippen molar-refractivity contribution in [3.63, 3.8) is 0 Å². The van der Waals surface area contributed by atoms with Crippen LogP contribution in [-0.4, -0.2) is 18.4 Å². The van der Waals surface area contributed by atoms with Crippen LogP contribution in [0.5, 0.6) is 0 Å². The van der Waals surface area contributed by atoms with Crippen molar-refractivity contribution in [3.8, 4) is 0 Å². The summed E-state index contributed by atoms with van der Waals surface area (Å²) in [5.41, 5.74) is 0. The van der Waals surface area contributed by atoms with Crippen LogP contribution in [0.1, 0.15) is 53.4 Å². The average molecular weight is 202 g/mol. The monoisotopic (exact) mass is 202 g/mol. The number of carbonyl (C=O) groups excluding carboxylic acids is 1. The van der Waals surface area contributed by atoms with Crippen LogP contribution in [0.25, 0.3) is 0 Å². The van der Waals surface area contributed by atoms with Crippen LogP contribution in [0.4, 0.5) is 4.79 Å². The molecular formula is C11H22O3. The SMILES string of the molecule is CCCC(CCC)OC(=O)OC(C)C. The first-order valence-electron chi connectivity index (χ1n) is 5.47. The van der Waals surface area contributed by atoms with Gasteiger partial charge in [-0.15, -0.1) is 0 Å². The molecule has 3 heteroatoms. The van der Waals surface area contributed by atoms with Crippen molar-refractivity contribution in [1.29, 1.82) is 0 Å². The van der Waals surface area contributed by atoms with Gasteiger partial charge in [-0.3, -0.25) is 0 Å². The van der Waals surface area contributed by atoms with Crippen LogP contribution in [-0.2, 0) is 9.47 Å². The third-order valence-electron chi connectivity index (χ3n) is 1.82. The Balaban J connectivity index is 3.82. The minimum absolute atomic E-state index is 0.0243. The highest BCUT2D eigenvalue weighted by atomic mass is 16.7. The predicted molar refractivity (Wildman–Crippen MR) is 56.3 cm³/mol. The first-order chi connectivity index (χ1) is 6.60. The first-order valence-corrected chi connectivity index (χ1v) is 5.47. The van der Waals surface area contributed by atoms with Crippen molar-refractivity contribution in [3.05, 3.63) is 0 Å². The van der Waals surface area contributed by atoms with E-state index < -0.39 is 6.16 Å². The summed E-state index contributed by atoms with van der Waals surface area (Å²) in [5, 5.41) is 0. The number of rotatable bonds is 6. The van der Waals surface area contributed by atoms with Crippen LogP contribution in [0.15, 0.2) is 0 Å². The smallest absolute Gasteiger partial charge is 0.432 e. The van der Waals surface area contributed by atoms with E-state index in [1.54, 1.807) is 0 Å². The second-order valence-corrected chi connectivity index (χ2v) is 3.73. The molecule has 0 unspecified atom stereocenters. The van der Waals surface area contributed by atoms with Crippen molar-refractivity contribution in [2.24, 2.45) is 0 Å². The zero-order valence-electron chi connectivity index (χ0n) is 9.71. The van der Waals surface area contributed by atoms with E-state index in [0.717, 1.165) is 25.7 Å². The zero-order chi connectivity index (χ0) is 11.0. The lowest BCUT2D eigenvalue weighted by Crippen LogP contribution is -2.21. The van der Waals surface area contributed by atoms with E-state index in [0.29, 0.717) is 0 Å². The highest BCUT2D eigenvalue weighted by molar-refractivity contribution is 5.60. The van der Waals surface area contributed by atoms with Crippen LogP contribution < -0.4 is 0 Å². The van der Waals surface area contributed by atoms with E-state index in [-0.39, 0.29) is 12.2 Å². The van der Waals surface area contributed by atoms with Crippen molar-refractivity contribution >= 4 is 6.16 Å². The molecule has 0 aromatic carbocycles. The molecule has 0 fully saturated rings. The molecule has 0 amide bonds. The van der Waals surface area contributed by atoms with Gasteiger partial charge in [0.05, 0.1) is 6.10 Å². The molecule has 0 saturated carbocycles. The highest BCUT2D eigenvalue weighted by Crippen LogP contribution is 2.10. The summed E-state index contributed by atoms with van der Waals surface area (Å²) in [6.45, 7) is 7.80. The van der Waals surface area contributed by atoms with Gasteiger partial charge in [0.2, 0.25) is 0 Å². The maximum absolute atomic E-state index is 11.2. The van der Waals surface area contributed by atoms with Gasteiger partial charge in [-0.2, -0.15) is 0 Å². The molecule has 14 heavy (non-hydrogen) atoms. The molecule has 0 rings (SSSR count). The Bertz CT molecular complexity index is 149. The standard InChI is InChI=1S/C11H22O3/c1-5-7-10(8-6-2)14-11(12)13-9(3)4/h9-10H,5-8H2,1-4H3. The Morgan fingerprint density at radius 2 is 1.57 bits per heavy atom. The molecule has 0 aromatic heterocycles. The second kappa shape index (κ2) is 7.65. The lowest BCUT2D eigenvalue weighted by molar-refractivity contribution is 0.00211. The number of ether oxygens (including phenoxy) is 2. The molecule has 0 spiro atoms. The molecule has 0 aliphatic carbocycles. The van der Waals surface area contributed by atoms with Gasteiger partial charge in [0, 0.05) is 0 Å². The maximum Gasteiger partial charge on any atom is 0.508 e. The molecule has 0 radical (unpaired) electrons. The fraction of sp³-hybridized carbons (Fsp3) is 0.909. The third kappa shape index (κ3) is 6.75. The van der Waals surface area contributed by atoms with Gasteiger partial charge in [0.15, 0.2) is 0 Å². The molecule has 3 nitrogen and oxygen atoms in total. The van der Waals surface area contributed by atoms with Gasteiger partial charge in [-0.1, -0.05) is 26.7 Å². The number of hydrogen-bond acceptors (Lipinski definition) is 3. The van der Waals surface area contributed by atoms with E-state index in [2.05, 4.69) is 13.8 Å². The third-order valence-corrected chi connectivity index (χ3v) is 1.82. The van der Waals surface area contributed by atoms with E-state index in [4.69, 9.17) is 9.47 Å². The van der Waals surface area contributed by atoms with Crippen LogP contribution >= 0.6 is 0 Å². The topological polar surface area (TPSA) is 35.5 Å². The Labute approximate surface area is 86.8 Å². The van der Waals surface area contributed by atoms with Gasteiger partial charge in [0.25, 0.3) is 0 Å². The molecule has 0 atom stereocenters. The van der Waals surface area contributed by atoms with Crippen molar-refractivity contribution in [2.75, 3.05) is 0 Å². The first kappa shape index (κ1) is 13.3. The van der Waals surface area contributed by atoms with Crippen molar-refractivity contribution < 1.29 is 14.3 Å². The maximum atomic E-state index is 11.2. The van der Waals surface area contributed by atoms with Gasteiger partial charge in [-0.25, -0.2) is 4.79 Å². The van der Waals surface area contributed by atoms with E-state index in [1.807, 2.05) is 13.8 Å². The summed E-state index contributed by atoms with van der Waals surface area (Å²) in [6.07, 6.45) is 3.27. The molecule has 0 bridgehead atoms. The van der Waals surface area contributed by atoms with Gasteiger partial charge >= 0.3 is 6.16 Å². The summed E-state index contributed by atoms with van der Waals surface area (Å²) in [5.74, 6) is 0. The fourth-order valence-electron chi connectivity index (χ4n) is 1.26. The van der Waals surface area contributed by atoms with Crippen molar-refractivity contribution in [1.82, 2.24) is 0 Å². The summed E-state index contributed by atoms with van der Waals surface area (Å²) in [6, 6.07) is 0. The Morgan fingerprint density at radius 3 is 1.93 bits per heavy atom. The fourth-order valence-corrected chi connectivity index (χ4v) is 1.26. The minimum Gasteiger partial charge on any atom is -0.432 e. The van der Waals surface area contributed by atoms with Gasteiger partial charge in [-0.05, 0) is 26.7 Å². The van der Waals surface area contributed by atoms with Gasteiger partial charge < -0.3 is 9.47 Å². The molecule has 0 heterocycles. The molecule has 0 aromatic rings. The quantitative estimate of drug-likeness (QED) is 0.618. The molecule has 0 saturated heterocycles. The molecule has 0 aliphatic rings. The van der Waals surface area contributed by atoms with Crippen LogP contribution in [0.3, 0.4) is 0 Å². The minimum atomic E-state index is -0.535. The van der Waals surface area contributed by atoms with E-state index >= 15 is 0 Å². The average Bonchev–Trinajstić information content (AvgIpc) is 2.03. The number of hydrogen-bond donors (Lipinski definition) is 0. The van der Waals surface area contributed by atoms with Crippen LogP contribution in [0, 0.1) is 0 Å². The highest BCUT2D eigenvalue weighted by Gasteiger charge is 2.14. The molecule has 84 valence electrons. The Morgan fingerprint density at radius 1 is 1.07 bits per heavy atom. The largest absolute Gasteiger partial charge is 0.508 e. The van der Waals surface area contributed by atoms with Crippen LogP contribution in [0.2, 0.25) is 0 Å². The van der Waals surface area contributed by atoms with E-state index in [1.165, 1.54) is 0 Å². The molecule has 0 N–H and O–H groups in total. The Kier molecular flexibility index (Phi) is 7.25. The zero-order valence-corrected chi connectivity index (χ0v) is 9.71. The predicted octanol–water partition coefficient (Wildman–Crippen LogP) is 3.52. The van der Waals surface area contributed by atoms with Crippen molar-refractivity contribution in [2.45, 2.75) is 65.6 Å². The normalized spacial score (nSPS) is 10.7. The number of carbonyl (C=O) groups is 1.